The van der Waals surface area contributed by atoms with Gasteiger partial charge in [0.1, 0.15) is 0 Å². The van der Waals surface area contributed by atoms with E-state index in [1.807, 2.05) is 0 Å². The van der Waals surface area contributed by atoms with Crippen LogP contribution in [0.25, 0.3) is 0 Å². The quantitative estimate of drug-likeness (QED) is 0.389. The van der Waals surface area contributed by atoms with Gasteiger partial charge in [0.05, 0.1) is 0 Å². The minimum Gasteiger partial charge on any atom is -0.418 e. The molecular formula is C22H24AsBF4. The Hall–Kier alpha value is -2.00. The first kappa shape index (κ1) is 22.3. The molecule has 6 heteroatoms. The van der Waals surface area contributed by atoms with E-state index in [4.69, 9.17) is 0 Å². The molecule has 0 nitrogen and oxygen atoms in total. The van der Waals surface area contributed by atoms with E-state index < -0.39 is 20.8 Å². The molecule has 148 valence electrons. The molecule has 28 heavy (non-hydrogen) atoms. The fraction of sp³-hybridized carbons (Fsp3) is 0.182. The zero-order chi connectivity index (χ0) is 20.9. The molecule has 0 N–H and O–H groups in total. The Kier molecular flexibility index (Phi) is 7.17. The molecule has 0 spiro atoms. The maximum Gasteiger partial charge on any atom is 0.673 e. The number of hydrogen-bond donors (Lipinski definition) is 0. The average Bonchev–Trinajstić information content (AvgIpc) is 2.61. The predicted molar refractivity (Wildman–Crippen MR) is 114 cm³/mol. The van der Waals surface area contributed by atoms with Crippen molar-refractivity contribution >= 4 is 33.9 Å². The fourth-order valence-electron chi connectivity index (χ4n) is 3.58. The number of benzene rings is 3. The van der Waals surface area contributed by atoms with Crippen LogP contribution in [0, 0.1) is 20.8 Å². The Balaban J connectivity index is 0.000000500. The molecule has 0 atom stereocenters. The molecule has 0 fully saturated rings. The number of halogens is 4. The van der Waals surface area contributed by atoms with Gasteiger partial charge in [0.25, 0.3) is 0 Å². The maximum absolute atomic E-state index is 9.75. The van der Waals surface area contributed by atoms with Crippen LogP contribution in [-0.4, -0.2) is 20.8 Å². The first-order valence-corrected chi connectivity index (χ1v) is 13.7. The van der Waals surface area contributed by atoms with Gasteiger partial charge in [-0.2, -0.15) is 0 Å². The number of hydrogen-bond acceptors (Lipinski definition) is 0. The SMILES string of the molecule is Cc1ccccc1[As+](C)(c1ccccc1C)c1ccccc1C.F[B-](F)(F)F. The topological polar surface area (TPSA) is 0 Å². The molecule has 3 aromatic rings. The third-order valence-electron chi connectivity index (χ3n) is 4.79. The van der Waals surface area contributed by atoms with Crippen LogP contribution in [0.2, 0.25) is 5.71 Å². The van der Waals surface area contributed by atoms with Crippen molar-refractivity contribution < 1.29 is 17.3 Å². The average molecular weight is 450 g/mol. The van der Waals surface area contributed by atoms with Gasteiger partial charge in [-0.25, -0.2) is 0 Å². The van der Waals surface area contributed by atoms with Crippen LogP contribution in [-0.2, 0) is 0 Å². The van der Waals surface area contributed by atoms with Gasteiger partial charge in [-0.15, -0.1) is 0 Å². The normalized spacial score (nSPS) is 11.6. The smallest absolute Gasteiger partial charge is 0.418 e. The second-order valence-electron chi connectivity index (χ2n) is 6.86. The largest absolute Gasteiger partial charge is 0.673 e. The van der Waals surface area contributed by atoms with Gasteiger partial charge in [-0.1, -0.05) is 0 Å². The van der Waals surface area contributed by atoms with E-state index in [-0.39, 0.29) is 0 Å². The summed E-state index contributed by atoms with van der Waals surface area (Å²) in [6.45, 7) is 6.77. The van der Waals surface area contributed by atoms with Crippen LogP contribution in [0.4, 0.5) is 17.3 Å². The Morgan fingerprint density at radius 3 is 0.964 bits per heavy atom. The summed E-state index contributed by atoms with van der Waals surface area (Å²) in [5, 5.41) is 0. The molecule has 0 unspecified atom stereocenters. The van der Waals surface area contributed by atoms with Crippen molar-refractivity contribution in [2.45, 2.75) is 26.5 Å². The van der Waals surface area contributed by atoms with E-state index in [1.54, 1.807) is 13.1 Å². The molecule has 0 aliphatic rings. The van der Waals surface area contributed by atoms with Crippen LogP contribution < -0.4 is 13.1 Å². The molecule has 0 bridgehead atoms. The number of rotatable bonds is 3. The monoisotopic (exact) mass is 450 g/mol. The van der Waals surface area contributed by atoms with Gasteiger partial charge in [0, 0.05) is 0 Å². The van der Waals surface area contributed by atoms with Crippen LogP contribution in [0.3, 0.4) is 0 Å². The van der Waals surface area contributed by atoms with Crippen molar-refractivity contribution in [1.29, 1.82) is 0 Å². The van der Waals surface area contributed by atoms with Gasteiger partial charge < -0.3 is 17.3 Å². The minimum atomic E-state index is -6.00. The fourth-order valence-corrected chi connectivity index (χ4v) is 12.5. The second-order valence-corrected chi connectivity index (χ2v) is 14.1. The second kappa shape index (κ2) is 9.00. The molecule has 0 saturated heterocycles. The van der Waals surface area contributed by atoms with Gasteiger partial charge in [-0.3, -0.25) is 0 Å². The molecule has 0 amide bonds. The first-order valence-electron chi connectivity index (χ1n) is 8.97. The molecule has 0 aliphatic carbocycles. The molecule has 0 aromatic heterocycles. The van der Waals surface area contributed by atoms with E-state index in [2.05, 4.69) is 99.3 Å². The molecule has 3 aromatic carbocycles. The summed E-state index contributed by atoms with van der Waals surface area (Å²) in [5.41, 5.74) is 6.77. The third-order valence-corrected chi connectivity index (χ3v) is 14.0. The van der Waals surface area contributed by atoms with Crippen LogP contribution in [0.5, 0.6) is 0 Å². The minimum absolute atomic E-state index is 1.41. The summed E-state index contributed by atoms with van der Waals surface area (Å²) in [7, 11) is -6.00. The Morgan fingerprint density at radius 2 is 0.750 bits per heavy atom. The van der Waals surface area contributed by atoms with Crippen LogP contribution in [0.1, 0.15) is 16.7 Å². The first-order chi connectivity index (χ1) is 13.0. The van der Waals surface area contributed by atoms with E-state index in [1.165, 1.54) is 16.7 Å². The van der Waals surface area contributed by atoms with E-state index >= 15 is 0 Å². The van der Waals surface area contributed by atoms with E-state index in [0.717, 1.165) is 0 Å². The summed E-state index contributed by atoms with van der Waals surface area (Å²) in [6.07, 6.45) is 0. The summed E-state index contributed by atoms with van der Waals surface area (Å²) >= 11 is -2.45. The van der Waals surface area contributed by atoms with E-state index in [0.29, 0.717) is 0 Å². The summed E-state index contributed by atoms with van der Waals surface area (Å²) < 4.78 is 43.7. The zero-order valence-electron chi connectivity index (χ0n) is 16.5. The maximum atomic E-state index is 9.75. The molecular weight excluding hydrogens is 426 g/mol. The standard InChI is InChI=1S/C22H24As.BF4/c1-17-11-5-8-14-20(17)23(4,21-15-9-6-12-18(21)2)22-16-10-7-13-19(22)3;2-1(3,4)5/h5-16H,1-4H3;/q+1;-1. The van der Waals surface area contributed by atoms with Gasteiger partial charge in [-0.05, 0) is 0 Å². The van der Waals surface area contributed by atoms with Gasteiger partial charge in [0.2, 0.25) is 0 Å². The Labute approximate surface area is 167 Å². The number of aryl methyl sites for hydroxylation is 3. The summed E-state index contributed by atoms with van der Waals surface area (Å²) in [5.74, 6) is 0. The molecule has 3 rings (SSSR count). The third kappa shape index (κ3) is 5.29. The molecule has 0 heterocycles. The van der Waals surface area contributed by atoms with Crippen molar-refractivity contribution in [2.24, 2.45) is 0 Å². The van der Waals surface area contributed by atoms with Crippen molar-refractivity contribution in [1.82, 2.24) is 0 Å². The predicted octanol–water partition coefficient (Wildman–Crippen LogP) is 5.01. The van der Waals surface area contributed by atoms with Crippen LogP contribution in [0.15, 0.2) is 72.8 Å². The molecule has 0 radical (unpaired) electrons. The van der Waals surface area contributed by atoms with E-state index in [9.17, 15) is 17.3 Å². The molecule has 0 aliphatic heterocycles. The Morgan fingerprint density at radius 1 is 0.536 bits per heavy atom. The van der Waals surface area contributed by atoms with Crippen molar-refractivity contribution in [3.05, 3.63) is 89.5 Å². The Bertz CT molecular complexity index is 821. The summed E-state index contributed by atoms with van der Waals surface area (Å²) in [6, 6.07) is 26.8. The van der Waals surface area contributed by atoms with Crippen molar-refractivity contribution in [3.8, 4) is 0 Å². The van der Waals surface area contributed by atoms with Crippen LogP contribution >= 0.6 is 0 Å². The zero-order valence-corrected chi connectivity index (χ0v) is 18.3. The van der Waals surface area contributed by atoms with Gasteiger partial charge >= 0.3 is 150 Å². The van der Waals surface area contributed by atoms with Gasteiger partial charge in [0.15, 0.2) is 0 Å². The van der Waals surface area contributed by atoms with Crippen molar-refractivity contribution in [2.75, 3.05) is 0 Å². The summed E-state index contributed by atoms with van der Waals surface area (Å²) in [4.78, 5) is 0. The van der Waals surface area contributed by atoms with Crippen molar-refractivity contribution in [3.63, 3.8) is 0 Å². The molecule has 0 saturated carbocycles.